The monoisotopic (exact) mass is 367 g/mol. The van der Waals surface area contributed by atoms with Crippen LogP contribution < -0.4 is 0 Å². The van der Waals surface area contributed by atoms with Crippen molar-refractivity contribution < 1.29 is 0 Å². The van der Waals surface area contributed by atoms with E-state index >= 15 is 0 Å². The van der Waals surface area contributed by atoms with Crippen LogP contribution in [-0.2, 0) is 0 Å². The molecule has 0 atom stereocenters. The second-order valence-corrected chi connectivity index (χ2v) is 7.52. The van der Waals surface area contributed by atoms with Gasteiger partial charge in [-0.1, -0.05) is 41.4 Å². The van der Waals surface area contributed by atoms with Gasteiger partial charge in [-0.2, -0.15) is 0 Å². The average Bonchev–Trinajstić information content (AvgIpc) is 2.86. The molecule has 0 saturated carbocycles. The van der Waals surface area contributed by atoms with Gasteiger partial charge in [-0.25, -0.2) is 0 Å². The molecule has 1 heterocycles. The summed E-state index contributed by atoms with van der Waals surface area (Å²) >= 11 is 12.0. The summed E-state index contributed by atoms with van der Waals surface area (Å²) in [6.45, 7) is 1.94. The predicted molar refractivity (Wildman–Crippen MR) is 94.3 cm³/mol. The van der Waals surface area contributed by atoms with Crippen LogP contribution in [0, 0.1) is 6.92 Å². The summed E-state index contributed by atoms with van der Waals surface area (Å²) < 4.78 is 2.02. The van der Waals surface area contributed by atoms with E-state index in [1.165, 1.54) is 10.8 Å². The van der Waals surface area contributed by atoms with Gasteiger partial charge in [-0.05, 0) is 58.8 Å². The van der Waals surface area contributed by atoms with Gasteiger partial charge in [-0.3, -0.25) is 4.57 Å². The van der Waals surface area contributed by atoms with Gasteiger partial charge in [0.25, 0.3) is 0 Å². The Morgan fingerprint density at radius 1 is 0.909 bits per heavy atom. The summed E-state index contributed by atoms with van der Waals surface area (Å²) in [5, 5.41) is 10.5. The molecule has 1 aromatic heterocycles. The zero-order valence-electron chi connectivity index (χ0n) is 11.5. The number of rotatable bonds is 4. The van der Waals surface area contributed by atoms with Crippen molar-refractivity contribution in [2.45, 2.75) is 17.0 Å². The molecule has 0 aliphatic rings. The SMILES string of the molecule is Cc1nnc(SSc2cc(Cl)cc(Cl)c2)n1-c1ccccc1. The lowest BCUT2D eigenvalue weighted by atomic mass is 10.3. The summed E-state index contributed by atoms with van der Waals surface area (Å²) in [6, 6.07) is 15.5. The van der Waals surface area contributed by atoms with E-state index in [0.717, 1.165) is 21.6 Å². The van der Waals surface area contributed by atoms with Crippen LogP contribution in [0.25, 0.3) is 5.69 Å². The summed E-state index contributed by atoms with van der Waals surface area (Å²) in [5.74, 6) is 0.846. The Morgan fingerprint density at radius 3 is 2.27 bits per heavy atom. The van der Waals surface area contributed by atoms with Gasteiger partial charge in [0.1, 0.15) is 5.82 Å². The van der Waals surface area contributed by atoms with Crippen LogP contribution >= 0.6 is 44.8 Å². The Balaban J connectivity index is 1.85. The lowest BCUT2D eigenvalue weighted by Crippen LogP contribution is -1.97. The van der Waals surface area contributed by atoms with E-state index in [-0.39, 0.29) is 0 Å². The highest BCUT2D eigenvalue weighted by molar-refractivity contribution is 8.76. The molecule has 0 unspecified atom stereocenters. The highest BCUT2D eigenvalue weighted by Crippen LogP contribution is 2.39. The fourth-order valence-electron chi connectivity index (χ4n) is 1.93. The maximum absolute atomic E-state index is 6.02. The van der Waals surface area contributed by atoms with Crippen molar-refractivity contribution in [2.75, 3.05) is 0 Å². The molecule has 7 heteroatoms. The molecular formula is C15H11Cl2N3S2. The molecule has 0 aliphatic heterocycles. The van der Waals surface area contributed by atoms with Crippen molar-refractivity contribution in [3.05, 3.63) is 64.4 Å². The first-order valence-electron chi connectivity index (χ1n) is 6.41. The van der Waals surface area contributed by atoms with Crippen LogP contribution in [0.5, 0.6) is 0 Å². The summed E-state index contributed by atoms with van der Waals surface area (Å²) in [6.07, 6.45) is 0. The molecule has 0 spiro atoms. The van der Waals surface area contributed by atoms with Crippen molar-refractivity contribution in [3.8, 4) is 5.69 Å². The Hall–Kier alpha value is -1.14. The van der Waals surface area contributed by atoms with E-state index in [0.29, 0.717) is 10.0 Å². The largest absolute Gasteiger partial charge is 0.274 e. The Labute approximate surface area is 146 Å². The van der Waals surface area contributed by atoms with E-state index in [1.807, 2.05) is 54.0 Å². The quantitative estimate of drug-likeness (QED) is 0.554. The number of benzene rings is 2. The normalized spacial score (nSPS) is 10.9. The zero-order valence-corrected chi connectivity index (χ0v) is 14.7. The van der Waals surface area contributed by atoms with Gasteiger partial charge in [0.05, 0.1) is 0 Å². The van der Waals surface area contributed by atoms with Crippen LogP contribution in [0.2, 0.25) is 10.0 Å². The molecule has 3 aromatic rings. The number of hydrogen-bond acceptors (Lipinski definition) is 4. The molecule has 112 valence electrons. The minimum absolute atomic E-state index is 0.622. The predicted octanol–water partition coefficient (Wildman–Crippen LogP) is 5.68. The Bertz CT molecular complexity index is 770. The average molecular weight is 368 g/mol. The molecule has 0 bridgehead atoms. The molecule has 0 N–H and O–H groups in total. The second-order valence-electron chi connectivity index (χ2n) is 4.47. The smallest absolute Gasteiger partial charge is 0.206 e. The molecule has 0 amide bonds. The van der Waals surface area contributed by atoms with Gasteiger partial charge >= 0.3 is 0 Å². The van der Waals surface area contributed by atoms with Crippen molar-refractivity contribution in [2.24, 2.45) is 0 Å². The van der Waals surface area contributed by atoms with Crippen molar-refractivity contribution in [3.63, 3.8) is 0 Å². The molecule has 3 rings (SSSR count). The molecule has 2 aromatic carbocycles. The number of aryl methyl sites for hydroxylation is 1. The lowest BCUT2D eigenvalue weighted by Gasteiger charge is -2.07. The Kier molecular flexibility index (Phi) is 4.98. The number of para-hydroxylation sites is 1. The van der Waals surface area contributed by atoms with E-state index in [4.69, 9.17) is 23.2 Å². The maximum atomic E-state index is 6.02. The summed E-state index contributed by atoms with van der Waals surface area (Å²) in [5.41, 5.74) is 1.04. The van der Waals surface area contributed by atoms with Gasteiger partial charge in [0.2, 0.25) is 5.16 Å². The van der Waals surface area contributed by atoms with Crippen LogP contribution in [0.1, 0.15) is 5.82 Å². The van der Waals surface area contributed by atoms with Gasteiger partial charge < -0.3 is 0 Å². The molecular weight excluding hydrogens is 357 g/mol. The second kappa shape index (κ2) is 6.96. The first-order chi connectivity index (χ1) is 10.6. The van der Waals surface area contributed by atoms with E-state index in [1.54, 1.807) is 16.9 Å². The summed E-state index contributed by atoms with van der Waals surface area (Å²) in [4.78, 5) is 0.975. The van der Waals surface area contributed by atoms with Crippen molar-refractivity contribution in [1.29, 1.82) is 0 Å². The minimum atomic E-state index is 0.622. The van der Waals surface area contributed by atoms with E-state index < -0.39 is 0 Å². The third kappa shape index (κ3) is 3.60. The standard InChI is InChI=1S/C15H11Cl2N3S2/c1-10-18-19-15(20(10)13-5-3-2-4-6-13)22-21-14-8-11(16)7-12(17)9-14/h2-9H,1H3. The zero-order chi connectivity index (χ0) is 15.5. The van der Waals surface area contributed by atoms with Crippen molar-refractivity contribution in [1.82, 2.24) is 14.8 Å². The first-order valence-corrected chi connectivity index (χ1v) is 9.32. The van der Waals surface area contributed by atoms with Gasteiger partial charge in [0, 0.05) is 20.6 Å². The number of nitrogens with zero attached hydrogens (tertiary/aromatic N) is 3. The lowest BCUT2D eigenvalue weighted by molar-refractivity contribution is 0.873. The highest BCUT2D eigenvalue weighted by Gasteiger charge is 2.12. The van der Waals surface area contributed by atoms with Crippen LogP contribution in [-0.4, -0.2) is 14.8 Å². The molecule has 22 heavy (non-hydrogen) atoms. The summed E-state index contributed by atoms with van der Waals surface area (Å²) in [7, 11) is 3.07. The van der Waals surface area contributed by atoms with Crippen LogP contribution in [0.3, 0.4) is 0 Å². The van der Waals surface area contributed by atoms with E-state index in [9.17, 15) is 0 Å². The Morgan fingerprint density at radius 2 is 1.59 bits per heavy atom. The first kappa shape index (κ1) is 15.7. The molecule has 0 saturated heterocycles. The number of aromatic nitrogens is 3. The maximum Gasteiger partial charge on any atom is 0.206 e. The molecule has 0 radical (unpaired) electrons. The van der Waals surface area contributed by atoms with Crippen LogP contribution in [0.4, 0.5) is 0 Å². The molecule has 0 fully saturated rings. The van der Waals surface area contributed by atoms with E-state index in [2.05, 4.69) is 10.2 Å². The number of halogens is 2. The van der Waals surface area contributed by atoms with Gasteiger partial charge in [-0.15, -0.1) is 10.2 Å². The fourth-order valence-corrected chi connectivity index (χ4v) is 4.62. The minimum Gasteiger partial charge on any atom is -0.274 e. The topological polar surface area (TPSA) is 30.7 Å². The molecule has 3 nitrogen and oxygen atoms in total. The van der Waals surface area contributed by atoms with Crippen molar-refractivity contribution >= 4 is 44.8 Å². The molecule has 0 aliphatic carbocycles. The third-order valence-corrected chi connectivity index (χ3v) is 5.49. The fraction of sp³-hybridized carbons (Fsp3) is 0.0667. The number of hydrogen-bond donors (Lipinski definition) is 0. The third-order valence-electron chi connectivity index (χ3n) is 2.86. The van der Waals surface area contributed by atoms with Crippen LogP contribution in [0.15, 0.2) is 58.6 Å². The highest BCUT2D eigenvalue weighted by atomic mass is 35.5. The van der Waals surface area contributed by atoms with Gasteiger partial charge in [0.15, 0.2) is 0 Å².